The fraction of sp³-hybridized carbons (Fsp3) is 0.375. The van der Waals surface area contributed by atoms with Crippen LogP contribution in [0.1, 0.15) is 34.7 Å². The number of carbonyl (C=O) groups is 2. The van der Waals surface area contributed by atoms with Crippen molar-refractivity contribution >= 4 is 33.2 Å². The number of nitrogens with zero attached hydrogens (tertiary/aromatic N) is 1. The number of carbonyl (C=O) groups excluding carboxylic acids is 1. The monoisotopic (exact) mass is 398 g/mol. The first-order chi connectivity index (χ1) is 12.3. The van der Waals surface area contributed by atoms with E-state index in [1.165, 1.54) is 23.4 Å². The molecule has 2 aromatic rings. The Balaban J connectivity index is 1.69. The Kier molecular flexibility index (Phi) is 5.17. The van der Waals surface area contributed by atoms with Crippen LogP contribution in [-0.2, 0) is 21.4 Å². The normalized spacial score (nSPS) is 18.1. The summed E-state index contributed by atoms with van der Waals surface area (Å²) in [5.74, 6) is -0.968. The third kappa shape index (κ3) is 3.53. The van der Waals surface area contributed by atoms with Gasteiger partial charge < -0.3 is 14.8 Å². The van der Waals surface area contributed by atoms with Crippen molar-refractivity contribution in [3.05, 3.63) is 40.7 Å². The van der Waals surface area contributed by atoms with Crippen molar-refractivity contribution in [1.29, 1.82) is 0 Å². The van der Waals surface area contributed by atoms with Crippen molar-refractivity contribution < 1.29 is 27.5 Å². The zero-order valence-electron chi connectivity index (χ0n) is 14.0. The van der Waals surface area contributed by atoms with Gasteiger partial charge in [0, 0.05) is 6.54 Å². The molecule has 1 aliphatic heterocycles. The third-order valence-electron chi connectivity index (χ3n) is 4.20. The molecule has 8 nitrogen and oxygen atoms in total. The lowest BCUT2D eigenvalue weighted by Gasteiger charge is -2.22. The predicted octanol–water partition coefficient (Wildman–Crippen LogP) is 1.82. The molecule has 10 heteroatoms. The van der Waals surface area contributed by atoms with E-state index >= 15 is 0 Å². The van der Waals surface area contributed by atoms with Crippen LogP contribution in [0.3, 0.4) is 0 Å². The molecule has 0 aromatic carbocycles. The van der Waals surface area contributed by atoms with E-state index in [-0.39, 0.29) is 22.1 Å². The number of thiophene rings is 1. The highest BCUT2D eigenvalue weighted by Crippen LogP contribution is 2.28. The first-order valence-electron chi connectivity index (χ1n) is 7.96. The minimum Gasteiger partial charge on any atom is -0.478 e. The van der Waals surface area contributed by atoms with Crippen molar-refractivity contribution in [3.63, 3.8) is 0 Å². The number of carboxylic acid groups (broad SMARTS) is 1. The highest BCUT2D eigenvalue weighted by atomic mass is 32.2. The number of aryl methyl sites for hydroxylation is 1. The summed E-state index contributed by atoms with van der Waals surface area (Å²) in [7, 11) is -3.70. The van der Waals surface area contributed by atoms with Crippen LogP contribution in [0.25, 0.3) is 0 Å². The molecule has 0 saturated carbocycles. The Hall–Kier alpha value is -2.17. The molecule has 3 heterocycles. The van der Waals surface area contributed by atoms with Crippen LogP contribution in [0.5, 0.6) is 0 Å². The lowest BCUT2D eigenvalue weighted by Crippen LogP contribution is -2.45. The molecule has 2 N–H and O–H groups in total. The number of rotatable bonds is 6. The average molecular weight is 398 g/mol. The molecule has 0 spiro atoms. The predicted molar refractivity (Wildman–Crippen MR) is 93.5 cm³/mol. The van der Waals surface area contributed by atoms with Crippen LogP contribution in [0.15, 0.2) is 32.2 Å². The third-order valence-corrected chi connectivity index (χ3v) is 7.48. The van der Waals surface area contributed by atoms with E-state index in [0.717, 1.165) is 11.3 Å². The standard InChI is InChI=1S/C16H18N2O6S2/c1-10-12(16(20)21)8-11(24-10)9-17-15(19)13-4-2-6-18(13)26(22,23)14-5-3-7-25-14/h3,5,7-8,13H,2,4,6,9H2,1H3,(H,17,19)(H,20,21). The van der Waals surface area contributed by atoms with Crippen molar-refractivity contribution in [1.82, 2.24) is 9.62 Å². The summed E-state index contributed by atoms with van der Waals surface area (Å²) in [6.45, 7) is 1.82. The van der Waals surface area contributed by atoms with Gasteiger partial charge in [-0.05, 0) is 37.3 Å². The molecule has 1 fully saturated rings. The summed E-state index contributed by atoms with van der Waals surface area (Å²) in [5.41, 5.74) is 0.0389. The fourth-order valence-electron chi connectivity index (χ4n) is 2.95. The molecular weight excluding hydrogens is 380 g/mol. The molecule has 2 aromatic heterocycles. The number of amides is 1. The second kappa shape index (κ2) is 7.22. The van der Waals surface area contributed by atoms with Crippen LogP contribution in [0, 0.1) is 6.92 Å². The number of carboxylic acids is 1. The molecule has 1 aliphatic rings. The number of aromatic carboxylic acids is 1. The lowest BCUT2D eigenvalue weighted by molar-refractivity contribution is -0.124. The Morgan fingerprint density at radius 3 is 2.85 bits per heavy atom. The number of sulfonamides is 1. The van der Waals surface area contributed by atoms with Crippen molar-refractivity contribution in [2.75, 3.05) is 6.54 Å². The second-order valence-electron chi connectivity index (χ2n) is 5.91. The molecule has 0 aliphatic carbocycles. The molecule has 1 atom stereocenters. The fourth-order valence-corrected chi connectivity index (χ4v) is 5.73. The molecular formula is C16H18N2O6S2. The molecule has 140 valence electrons. The Morgan fingerprint density at radius 2 is 2.23 bits per heavy atom. The summed E-state index contributed by atoms with van der Waals surface area (Å²) in [4.78, 5) is 23.5. The SMILES string of the molecule is Cc1oc(CNC(=O)C2CCCN2S(=O)(=O)c2cccs2)cc1C(=O)O. The van der Waals surface area contributed by atoms with E-state index in [2.05, 4.69) is 5.32 Å². The summed E-state index contributed by atoms with van der Waals surface area (Å²) in [5, 5.41) is 13.3. The minimum absolute atomic E-state index is 0.00363. The molecule has 0 bridgehead atoms. The van der Waals surface area contributed by atoms with Gasteiger partial charge in [-0.15, -0.1) is 11.3 Å². The number of nitrogens with one attached hydrogen (secondary N) is 1. The zero-order valence-corrected chi connectivity index (χ0v) is 15.6. The van der Waals surface area contributed by atoms with Crippen LogP contribution < -0.4 is 5.32 Å². The molecule has 1 unspecified atom stereocenters. The zero-order chi connectivity index (χ0) is 18.9. The molecule has 1 saturated heterocycles. The van der Waals surface area contributed by atoms with Gasteiger partial charge in [-0.1, -0.05) is 6.07 Å². The minimum atomic E-state index is -3.70. The van der Waals surface area contributed by atoms with Gasteiger partial charge in [0.05, 0.1) is 6.54 Å². The van der Waals surface area contributed by atoms with Crippen LogP contribution in [0.2, 0.25) is 0 Å². The topological polar surface area (TPSA) is 117 Å². The van der Waals surface area contributed by atoms with Crippen LogP contribution >= 0.6 is 11.3 Å². The summed E-state index contributed by atoms with van der Waals surface area (Å²) < 4.78 is 32.1. The highest BCUT2D eigenvalue weighted by molar-refractivity contribution is 7.91. The van der Waals surface area contributed by atoms with E-state index in [9.17, 15) is 18.0 Å². The average Bonchev–Trinajstić information content (AvgIpc) is 3.32. The highest BCUT2D eigenvalue weighted by Gasteiger charge is 2.39. The van der Waals surface area contributed by atoms with Crippen molar-refractivity contribution in [2.24, 2.45) is 0 Å². The van der Waals surface area contributed by atoms with E-state index in [1.54, 1.807) is 11.4 Å². The van der Waals surface area contributed by atoms with Crippen molar-refractivity contribution in [2.45, 2.75) is 36.6 Å². The van der Waals surface area contributed by atoms with Gasteiger partial charge in [-0.25, -0.2) is 13.2 Å². The smallest absolute Gasteiger partial charge is 0.339 e. The Bertz CT molecular complexity index is 917. The van der Waals surface area contributed by atoms with Gasteiger partial charge in [-0.2, -0.15) is 4.31 Å². The summed E-state index contributed by atoms with van der Waals surface area (Å²) >= 11 is 1.12. The number of hydrogen-bond donors (Lipinski definition) is 2. The second-order valence-corrected chi connectivity index (χ2v) is 8.98. The first-order valence-corrected chi connectivity index (χ1v) is 10.3. The van der Waals surface area contributed by atoms with E-state index in [0.29, 0.717) is 25.1 Å². The van der Waals surface area contributed by atoms with E-state index < -0.39 is 27.9 Å². The quantitative estimate of drug-likeness (QED) is 0.766. The number of hydrogen-bond acceptors (Lipinski definition) is 6. The van der Waals surface area contributed by atoms with Gasteiger partial charge in [0.15, 0.2) is 0 Å². The first kappa shape index (κ1) is 18.6. The maximum Gasteiger partial charge on any atom is 0.339 e. The maximum atomic E-state index is 12.7. The maximum absolute atomic E-state index is 12.7. The lowest BCUT2D eigenvalue weighted by atomic mass is 10.2. The van der Waals surface area contributed by atoms with Gasteiger partial charge in [0.2, 0.25) is 5.91 Å². The summed E-state index contributed by atoms with van der Waals surface area (Å²) in [6.07, 6.45) is 1.04. The molecule has 0 radical (unpaired) electrons. The Morgan fingerprint density at radius 1 is 1.46 bits per heavy atom. The van der Waals surface area contributed by atoms with Crippen molar-refractivity contribution in [3.8, 4) is 0 Å². The van der Waals surface area contributed by atoms with Gasteiger partial charge in [-0.3, -0.25) is 4.79 Å². The van der Waals surface area contributed by atoms with Crippen LogP contribution in [0.4, 0.5) is 0 Å². The molecule has 26 heavy (non-hydrogen) atoms. The van der Waals surface area contributed by atoms with Crippen LogP contribution in [-0.4, -0.2) is 42.3 Å². The molecule has 3 rings (SSSR count). The molecule has 1 amide bonds. The largest absolute Gasteiger partial charge is 0.478 e. The van der Waals surface area contributed by atoms with E-state index in [1.807, 2.05) is 0 Å². The summed E-state index contributed by atoms with van der Waals surface area (Å²) in [6, 6.07) is 3.75. The van der Waals surface area contributed by atoms with Gasteiger partial charge in [0.1, 0.15) is 27.3 Å². The number of furan rings is 1. The van der Waals surface area contributed by atoms with E-state index in [4.69, 9.17) is 9.52 Å². The van der Waals surface area contributed by atoms with Gasteiger partial charge >= 0.3 is 5.97 Å². The Labute approximate surface area is 154 Å². The van der Waals surface area contributed by atoms with Gasteiger partial charge in [0.25, 0.3) is 10.0 Å².